The molecule has 0 aliphatic carbocycles. The van der Waals surface area contributed by atoms with Crippen LogP contribution in [-0.2, 0) is 10.0 Å². The number of hydrogen-bond acceptors (Lipinski definition) is 5. The van der Waals surface area contributed by atoms with Gasteiger partial charge in [0.2, 0.25) is 16.0 Å². The van der Waals surface area contributed by atoms with E-state index in [4.69, 9.17) is 4.74 Å². The van der Waals surface area contributed by atoms with Crippen LogP contribution in [0.4, 0.5) is 10.2 Å². The van der Waals surface area contributed by atoms with E-state index in [0.717, 1.165) is 0 Å². The molecule has 1 saturated heterocycles. The first-order valence-electron chi connectivity index (χ1n) is 8.50. The maximum absolute atomic E-state index is 13.3. The number of nitrogens with zero attached hydrogens (tertiary/aromatic N) is 3. The summed E-state index contributed by atoms with van der Waals surface area (Å²) in [4.78, 5) is 5.82. The normalized spacial score (nSPS) is 18.7. The van der Waals surface area contributed by atoms with Gasteiger partial charge in [-0.2, -0.15) is 8.70 Å². The molecule has 2 heterocycles. The van der Waals surface area contributed by atoms with Crippen LogP contribution in [0, 0.1) is 5.95 Å². The third kappa shape index (κ3) is 4.50. The van der Waals surface area contributed by atoms with Crippen molar-refractivity contribution in [3.63, 3.8) is 0 Å². The number of aromatic nitrogens is 1. The minimum atomic E-state index is -3.41. The topological polar surface area (TPSA) is 62.7 Å². The molecule has 3 rings (SSSR count). The zero-order chi connectivity index (χ0) is 18.6. The van der Waals surface area contributed by atoms with Crippen molar-refractivity contribution in [2.75, 3.05) is 36.9 Å². The Labute approximate surface area is 153 Å². The molecule has 0 saturated carbocycles. The smallest absolute Gasteiger partial charge is 0.217 e. The van der Waals surface area contributed by atoms with E-state index in [1.807, 2.05) is 30.0 Å². The van der Waals surface area contributed by atoms with Gasteiger partial charge in [-0.05, 0) is 31.2 Å². The fourth-order valence-electron chi connectivity index (χ4n) is 2.99. The summed E-state index contributed by atoms with van der Waals surface area (Å²) in [5.74, 6) is 0.565. The lowest BCUT2D eigenvalue weighted by atomic mass is 10.2. The van der Waals surface area contributed by atoms with Crippen LogP contribution in [0.25, 0.3) is 0 Å². The van der Waals surface area contributed by atoms with Crippen molar-refractivity contribution < 1.29 is 17.5 Å². The third-order valence-corrected chi connectivity index (χ3v) is 6.13. The molecule has 1 aromatic heterocycles. The first kappa shape index (κ1) is 18.6. The van der Waals surface area contributed by atoms with E-state index in [1.54, 1.807) is 24.3 Å². The molecule has 1 unspecified atom stereocenters. The molecule has 0 spiro atoms. The Morgan fingerprint density at radius 1 is 1.15 bits per heavy atom. The van der Waals surface area contributed by atoms with Crippen LogP contribution < -0.4 is 9.64 Å². The van der Waals surface area contributed by atoms with Crippen LogP contribution in [0.3, 0.4) is 0 Å². The number of halogens is 1. The van der Waals surface area contributed by atoms with Gasteiger partial charge in [0.05, 0.1) is 5.75 Å². The van der Waals surface area contributed by atoms with Gasteiger partial charge in [0.25, 0.3) is 0 Å². The highest BCUT2D eigenvalue weighted by atomic mass is 32.2. The fourth-order valence-corrected chi connectivity index (χ4v) is 4.34. The molecule has 140 valence electrons. The van der Waals surface area contributed by atoms with Crippen LogP contribution in [0.2, 0.25) is 0 Å². The van der Waals surface area contributed by atoms with Crippen molar-refractivity contribution in [3.05, 3.63) is 54.5 Å². The largest absolute Gasteiger partial charge is 0.492 e. The minimum absolute atomic E-state index is 0.0766. The SMILES string of the molecule is CC1CN(S(=O)(=O)CCOc2ccccc2)CCN1c1cccc(F)n1. The quantitative estimate of drug-likeness (QED) is 0.720. The van der Waals surface area contributed by atoms with Crippen LogP contribution in [0.1, 0.15) is 6.92 Å². The van der Waals surface area contributed by atoms with Gasteiger partial charge >= 0.3 is 0 Å². The molecule has 1 atom stereocenters. The average Bonchev–Trinajstić information content (AvgIpc) is 2.62. The fraction of sp³-hybridized carbons (Fsp3) is 0.389. The lowest BCUT2D eigenvalue weighted by molar-refractivity contribution is 0.319. The summed E-state index contributed by atoms with van der Waals surface area (Å²) in [5, 5.41) is 0. The van der Waals surface area contributed by atoms with Crippen molar-refractivity contribution in [1.82, 2.24) is 9.29 Å². The van der Waals surface area contributed by atoms with Gasteiger partial charge in [-0.3, -0.25) is 0 Å². The standard InChI is InChI=1S/C18H22FN3O3S/c1-15-14-21(10-11-22(15)18-9-5-8-17(19)20-18)26(23,24)13-12-25-16-6-3-2-4-7-16/h2-9,15H,10-14H2,1H3. The zero-order valence-electron chi connectivity index (χ0n) is 14.6. The number of pyridine rings is 1. The van der Waals surface area contributed by atoms with Gasteiger partial charge in [-0.1, -0.05) is 24.3 Å². The predicted octanol–water partition coefficient (Wildman–Crippen LogP) is 2.14. The monoisotopic (exact) mass is 379 g/mol. The summed E-state index contributed by atoms with van der Waals surface area (Å²) in [5.41, 5.74) is 0. The molecule has 8 heteroatoms. The van der Waals surface area contributed by atoms with E-state index < -0.39 is 16.0 Å². The number of hydrogen-bond donors (Lipinski definition) is 0. The van der Waals surface area contributed by atoms with Crippen molar-refractivity contribution in [3.8, 4) is 5.75 Å². The maximum atomic E-state index is 13.3. The number of benzene rings is 1. The van der Waals surface area contributed by atoms with Gasteiger partial charge in [0, 0.05) is 25.7 Å². The number of para-hydroxylation sites is 1. The van der Waals surface area contributed by atoms with Gasteiger partial charge in [-0.15, -0.1) is 0 Å². The van der Waals surface area contributed by atoms with Crippen molar-refractivity contribution in [1.29, 1.82) is 0 Å². The van der Waals surface area contributed by atoms with Crippen LogP contribution in [0.15, 0.2) is 48.5 Å². The Morgan fingerprint density at radius 2 is 1.92 bits per heavy atom. The van der Waals surface area contributed by atoms with Gasteiger partial charge in [-0.25, -0.2) is 13.4 Å². The van der Waals surface area contributed by atoms with Crippen molar-refractivity contribution in [2.24, 2.45) is 0 Å². The molecule has 1 fully saturated rings. The second-order valence-corrected chi connectivity index (χ2v) is 8.28. The maximum Gasteiger partial charge on any atom is 0.217 e. The Bertz CT molecular complexity index is 833. The molecule has 1 aromatic carbocycles. The average molecular weight is 379 g/mol. The predicted molar refractivity (Wildman–Crippen MR) is 98.3 cm³/mol. The lowest BCUT2D eigenvalue weighted by Crippen LogP contribution is -2.54. The van der Waals surface area contributed by atoms with E-state index in [2.05, 4.69) is 4.98 Å². The lowest BCUT2D eigenvalue weighted by Gasteiger charge is -2.39. The Kier molecular flexibility index (Phi) is 5.73. The van der Waals surface area contributed by atoms with Crippen LogP contribution >= 0.6 is 0 Å². The minimum Gasteiger partial charge on any atom is -0.492 e. The van der Waals surface area contributed by atoms with E-state index in [9.17, 15) is 12.8 Å². The number of ether oxygens (including phenoxy) is 1. The molecule has 2 aromatic rings. The Morgan fingerprint density at radius 3 is 2.62 bits per heavy atom. The van der Waals surface area contributed by atoms with Crippen molar-refractivity contribution >= 4 is 15.8 Å². The molecule has 0 amide bonds. The number of rotatable bonds is 6. The summed E-state index contributed by atoms with van der Waals surface area (Å²) in [6.07, 6.45) is 0. The summed E-state index contributed by atoms with van der Waals surface area (Å²) >= 11 is 0. The Balaban J connectivity index is 1.57. The summed E-state index contributed by atoms with van der Waals surface area (Å²) in [7, 11) is -3.41. The molecule has 1 aliphatic heterocycles. The van der Waals surface area contributed by atoms with Crippen molar-refractivity contribution in [2.45, 2.75) is 13.0 Å². The van der Waals surface area contributed by atoms with Crippen LogP contribution in [0.5, 0.6) is 5.75 Å². The zero-order valence-corrected chi connectivity index (χ0v) is 15.4. The second kappa shape index (κ2) is 8.01. The number of anilines is 1. The summed E-state index contributed by atoms with van der Waals surface area (Å²) < 4.78 is 45.4. The molecule has 6 nitrogen and oxygen atoms in total. The van der Waals surface area contributed by atoms with E-state index in [1.165, 1.54) is 10.4 Å². The van der Waals surface area contributed by atoms with Gasteiger partial charge < -0.3 is 9.64 Å². The first-order chi connectivity index (χ1) is 12.5. The highest BCUT2D eigenvalue weighted by Crippen LogP contribution is 2.20. The van der Waals surface area contributed by atoms with E-state index in [-0.39, 0.29) is 18.4 Å². The molecule has 1 aliphatic rings. The Hall–Kier alpha value is -2.19. The molecule has 0 bridgehead atoms. The van der Waals surface area contributed by atoms with E-state index >= 15 is 0 Å². The highest BCUT2D eigenvalue weighted by Gasteiger charge is 2.31. The van der Waals surface area contributed by atoms with Gasteiger partial charge in [0.15, 0.2) is 0 Å². The number of sulfonamides is 1. The molecular weight excluding hydrogens is 357 g/mol. The molecule has 0 radical (unpaired) electrons. The summed E-state index contributed by atoms with van der Waals surface area (Å²) in [6, 6.07) is 13.7. The first-order valence-corrected chi connectivity index (χ1v) is 10.1. The highest BCUT2D eigenvalue weighted by molar-refractivity contribution is 7.89. The number of piperazine rings is 1. The second-order valence-electron chi connectivity index (χ2n) is 6.20. The van der Waals surface area contributed by atoms with Crippen LogP contribution in [-0.4, -0.2) is 55.7 Å². The molecule has 26 heavy (non-hydrogen) atoms. The molecule has 0 N–H and O–H groups in total. The third-order valence-electron chi connectivity index (χ3n) is 4.33. The van der Waals surface area contributed by atoms with E-state index in [0.29, 0.717) is 31.2 Å². The van der Waals surface area contributed by atoms with Gasteiger partial charge in [0.1, 0.15) is 18.2 Å². The summed E-state index contributed by atoms with van der Waals surface area (Å²) in [6.45, 7) is 3.17. The molecular formula is C18H22FN3O3S.